The third kappa shape index (κ3) is 5.10. The summed E-state index contributed by atoms with van der Waals surface area (Å²) in [7, 11) is 1.47. The number of nitro groups is 1. The van der Waals surface area contributed by atoms with Crippen molar-refractivity contribution >= 4 is 29.1 Å². The van der Waals surface area contributed by atoms with E-state index in [2.05, 4.69) is 5.32 Å². The Hall–Kier alpha value is -2.35. The molecule has 0 atom stereocenters. The average molecular weight is 342 g/mol. The van der Waals surface area contributed by atoms with Crippen molar-refractivity contribution in [1.29, 1.82) is 0 Å². The predicted octanol–water partition coefficient (Wildman–Crippen LogP) is 1.36. The molecule has 23 heavy (non-hydrogen) atoms. The first-order valence-corrected chi connectivity index (χ1v) is 7.34. The van der Waals surface area contributed by atoms with Gasteiger partial charge in [0.15, 0.2) is 12.4 Å². The van der Waals surface area contributed by atoms with Gasteiger partial charge in [-0.1, -0.05) is 11.6 Å². The molecule has 0 saturated heterocycles. The maximum Gasteiger partial charge on any atom is 0.312 e. The molecule has 8 nitrogen and oxygen atoms in total. The number of nitro benzene ring substituents is 1. The van der Waals surface area contributed by atoms with E-state index in [9.17, 15) is 19.7 Å². The number of benzene rings is 1. The molecular formula is C14H16ClN3O5. The number of rotatable bonds is 7. The highest BCUT2D eigenvalue weighted by Crippen LogP contribution is 2.29. The van der Waals surface area contributed by atoms with Crippen LogP contribution in [0.25, 0.3) is 0 Å². The van der Waals surface area contributed by atoms with E-state index in [4.69, 9.17) is 16.3 Å². The molecule has 0 aliphatic heterocycles. The SMILES string of the molecule is CN(CC(=O)NC1CC1)C(=O)COc1ccc(Cl)cc1[N+](=O)[O-]. The van der Waals surface area contributed by atoms with Gasteiger partial charge in [-0.25, -0.2) is 0 Å². The van der Waals surface area contributed by atoms with Crippen LogP contribution in [0.2, 0.25) is 5.02 Å². The van der Waals surface area contributed by atoms with Gasteiger partial charge in [-0.15, -0.1) is 0 Å². The van der Waals surface area contributed by atoms with Crippen molar-refractivity contribution in [3.8, 4) is 5.75 Å². The Labute approximate surface area is 137 Å². The van der Waals surface area contributed by atoms with E-state index >= 15 is 0 Å². The van der Waals surface area contributed by atoms with Crippen LogP contribution in [0.15, 0.2) is 18.2 Å². The smallest absolute Gasteiger partial charge is 0.312 e. The first-order chi connectivity index (χ1) is 10.9. The van der Waals surface area contributed by atoms with Gasteiger partial charge in [-0.3, -0.25) is 19.7 Å². The number of ether oxygens (including phenoxy) is 1. The van der Waals surface area contributed by atoms with Gasteiger partial charge in [-0.05, 0) is 25.0 Å². The minimum atomic E-state index is -0.640. The van der Waals surface area contributed by atoms with E-state index in [1.807, 2.05) is 0 Å². The molecule has 1 aliphatic carbocycles. The number of halogens is 1. The summed E-state index contributed by atoms with van der Waals surface area (Å²) in [6, 6.07) is 4.13. The normalized spacial score (nSPS) is 13.3. The van der Waals surface area contributed by atoms with E-state index in [1.165, 1.54) is 24.1 Å². The van der Waals surface area contributed by atoms with Crippen LogP contribution in [0.5, 0.6) is 5.75 Å². The molecule has 0 unspecified atom stereocenters. The second-order valence-corrected chi connectivity index (χ2v) is 5.69. The van der Waals surface area contributed by atoms with E-state index in [0.29, 0.717) is 0 Å². The van der Waals surface area contributed by atoms with Crippen LogP contribution in [-0.2, 0) is 9.59 Å². The summed E-state index contributed by atoms with van der Waals surface area (Å²) in [5, 5.41) is 13.9. The molecule has 2 rings (SSSR count). The predicted molar refractivity (Wildman–Crippen MR) is 82.4 cm³/mol. The van der Waals surface area contributed by atoms with E-state index < -0.39 is 17.4 Å². The van der Waals surface area contributed by atoms with Crippen LogP contribution in [0, 0.1) is 10.1 Å². The van der Waals surface area contributed by atoms with Crippen LogP contribution >= 0.6 is 11.6 Å². The van der Waals surface area contributed by atoms with Crippen molar-refractivity contribution in [3.63, 3.8) is 0 Å². The molecule has 124 valence electrons. The molecule has 1 aromatic rings. The zero-order valence-corrected chi connectivity index (χ0v) is 13.2. The van der Waals surface area contributed by atoms with Crippen molar-refractivity contribution in [2.24, 2.45) is 0 Å². The van der Waals surface area contributed by atoms with Gasteiger partial charge < -0.3 is 15.0 Å². The second-order valence-electron chi connectivity index (χ2n) is 5.25. The lowest BCUT2D eigenvalue weighted by Crippen LogP contribution is -2.40. The van der Waals surface area contributed by atoms with Crippen molar-refractivity contribution in [2.45, 2.75) is 18.9 Å². The summed E-state index contributed by atoms with van der Waals surface area (Å²) in [6.07, 6.45) is 1.93. The zero-order chi connectivity index (χ0) is 17.0. The summed E-state index contributed by atoms with van der Waals surface area (Å²) >= 11 is 5.70. The van der Waals surface area contributed by atoms with Gasteiger partial charge in [0.2, 0.25) is 5.91 Å². The summed E-state index contributed by atoms with van der Waals surface area (Å²) < 4.78 is 5.19. The minimum Gasteiger partial charge on any atom is -0.477 e. The Balaban J connectivity index is 1.88. The molecule has 1 aliphatic rings. The molecule has 9 heteroatoms. The summed E-state index contributed by atoms with van der Waals surface area (Å²) in [5.41, 5.74) is -0.320. The number of amides is 2. The largest absolute Gasteiger partial charge is 0.477 e. The van der Waals surface area contributed by atoms with Crippen LogP contribution < -0.4 is 10.1 Å². The molecule has 0 bridgehead atoms. The van der Waals surface area contributed by atoms with Gasteiger partial charge in [0.05, 0.1) is 11.5 Å². The Morgan fingerprint density at radius 2 is 2.17 bits per heavy atom. The van der Waals surface area contributed by atoms with Gasteiger partial charge in [-0.2, -0.15) is 0 Å². The second kappa shape index (κ2) is 7.28. The molecule has 1 fully saturated rings. The average Bonchev–Trinajstić information content (AvgIpc) is 3.28. The molecule has 2 amide bonds. The van der Waals surface area contributed by atoms with Crippen molar-refractivity contribution in [2.75, 3.05) is 20.2 Å². The number of nitrogens with zero attached hydrogens (tertiary/aromatic N) is 2. The summed E-state index contributed by atoms with van der Waals surface area (Å²) in [4.78, 5) is 35.0. The highest BCUT2D eigenvalue weighted by atomic mass is 35.5. The fraction of sp³-hybridized carbons (Fsp3) is 0.429. The maximum absolute atomic E-state index is 11.9. The van der Waals surface area contributed by atoms with Crippen LogP contribution in [-0.4, -0.2) is 47.9 Å². The van der Waals surface area contributed by atoms with Gasteiger partial charge >= 0.3 is 5.69 Å². The maximum atomic E-state index is 11.9. The number of carbonyl (C=O) groups is 2. The molecule has 0 aromatic heterocycles. The molecule has 1 N–H and O–H groups in total. The van der Waals surface area contributed by atoms with E-state index in [-0.39, 0.29) is 35.0 Å². The molecule has 0 spiro atoms. The molecule has 1 aromatic carbocycles. The number of likely N-dealkylation sites (N-methyl/N-ethyl adjacent to an activating group) is 1. The Morgan fingerprint density at radius 1 is 1.48 bits per heavy atom. The molecule has 0 radical (unpaired) electrons. The first-order valence-electron chi connectivity index (χ1n) is 6.97. The molecular weight excluding hydrogens is 326 g/mol. The van der Waals surface area contributed by atoms with Crippen molar-refractivity contribution in [3.05, 3.63) is 33.3 Å². The lowest BCUT2D eigenvalue weighted by molar-refractivity contribution is -0.385. The zero-order valence-electron chi connectivity index (χ0n) is 12.5. The Kier molecular flexibility index (Phi) is 5.38. The van der Waals surface area contributed by atoms with Crippen LogP contribution in [0.1, 0.15) is 12.8 Å². The van der Waals surface area contributed by atoms with Crippen LogP contribution in [0.3, 0.4) is 0 Å². The van der Waals surface area contributed by atoms with E-state index in [1.54, 1.807) is 0 Å². The highest BCUT2D eigenvalue weighted by Gasteiger charge is 2.24. The lowest BCUT2D eigenvalue weighted by atomic mass is 10.3. The number of hydrogen-bond acceptors (Lipinski definition) is 5. The number of nitrogens with one attached hydrogen (secondary N) is 1. The first kappa shape index (κ1) is 17.0. The fourth-order valence-corrected chi connectivity index (χ4v) is 1.98. The quantitative estimate of drug-likeness (QED) is 0.596. The monoisotopic (exact) mass is 341 g/mol. The third-order valence-corrected chi connectivity index (χ3v) is 3.45. The minimum absolute atomic E-state index is 0.0522. The van der Waals surface area contributed by atoms with E-state index in [0.717, 1.165) is 18.9 Å². The summed E-state index contributed by atoms with van der Waals surface area (Å²) in [5.74, 6) is -0.746. The van der Waals surface area contributed by atoms with Gasteiger partial charge in [0, 0.05) is 24.2 Å². The van der Waals surface area contributed by atoms with Gasteiger partial charge in [0.1, 0.15) is 0 Å². The third-order valence-electron chi connectivity index (χ3n) is 3.22. The lowest BCUT2D eigenvalue weighted by Gasteiger charge is -2.17. The van der Waals surface area contributed by atoms with Crippen molar-refractivity contribution < 1.29 is 19.2 Å². The fourth-order valence-electron chi connectivity index (χ4n) is 1.81. The number of carbonyl (C=O) groups excluding carboxylic acids is 2. The van der Waals surface area contributed by atoms with Crippen LogP contribution in [0.4, 0.5) is 5.69 Å². The molecule has 0 heterocycles. The topological polar surface area (TPSA) is 102 Å². The standard InChI is InChI=1S/C14H16ClN3O5/c1-17(7-13(19)16-10-3-4-10)14(20)8-23-12-5-2-9(15)6-11(12)18(21)22/h2,5-6,10H,3-4,7-8H2,1H3,(H,16,19). The van der Waals surface area contributed by atoms with Gasteiger partial charge in [0.25, 0.3) is 5.91 Å². The number of hydrogen-bond donors (Lipinski definition) is 1. The Bertz CT molecular complexity index is 633. The van der Waals surface area contributed by atoms with Crippen molar-refractivity contribution in [1.82, 2.24) is 10.2 Å². The molecule has 1 saturated carbocycles. The Morgan fingerprint density at radius 3 is 2.78 bits per heavy atom. The highest BCUT2D eigenvalue weighted by molar-refractivity contribution is 6.30. The summed E-state index contributed by atoms with van der Waals surface area (Å²) in [6.45, 7) is -0.489.